The Morgan fingerprint density at radius 3 is 1.64 bits per heavy atom. The van der Waals surface area contributed by atoms with Crippen molar-refractivity contribution >= 4 is 93.5 Å². The van der Waals surface area contributed by atoms with E-state index < -0.39 is 29.8 Å². The number of hydrogen-bond acceptors (Lipinski definition) is 9. The van der Waals surface area contributed by atoms with Gasteiger partial charge >= 0.3 is 23.9 Å². The summed E-state index contributed by atoms with van der Waals surface area (Å²) < 4.78 is 17.0. The van der Waals surface area contributed by atoms with Crippen LogP contribution in [0.25, 0.3) is 10.4 Å². The zero-order chi connectivity index (χ0) is 33.3. The van der Waals surface area contributed by atoms with Crippen LogP contribution in [0, 0.1) is 0 Å². The summed E-state index contributed by atoms with van der Waals surface area (Å²) in [7, 11) is 0. The number of esters is 2. The highest BCUT2D eigenvalue weighted by atomic mass is 79.9. The van der Waals surface area contributed by atoms with Gasteiger partial charge in [-0.15, -0.1) is 0 Å². The SMILES string of the molecule is [N-]=[N+]=NCCOCCNC(=O)c1cc(C(=O)Oc2c(Br)cc(Br)cc2C(=O)O)cc(C(=O)Oc2c(Br)cc(Br)cc2C(=O)O)c1. The van der Waals surface area contributed by atoms with Crippen LogP contribution in [0.5, 0.6) is 11.5 Å². The summed E-state index contributed by atoms with van der Waals surface area (Å²) in [5.41, 5.74) is 6.72. The Labute approximate surface area is 287 Å². The Bertz CT molecular complexity index is 1640. The number of nitrogens with one attached hydrogen (secondary N) is 1. The van der Waals surface area contributed by atoms with Gasteiger partial charge in [-0.3, -0.25) is 4.79 Å². The number of rotatable bonds is 13. The van der Waals surface area contributed by atoms with E-state index in [0.29, 0.717) is 8.95 Å². The zero-order valence-electron chi connectivity index (χ0n) is 22.4. The molecule has 0 spiro atoms. The fourth-order valence-electron chi connectivity index (χ4n) is 3.53. The van der Waals surface area contributed by atoms with Gasteiger partial charge in [-0.25, -0.2) is 19.2 Å². The van der Waals surface area contributed by atoms with Crippen molar-refractivity contribution in [1.82, 2.24) is 5.32 Å². The van der Waals surface area contributed by atoms with Crippen LogP contribution in [0.4, 0.5) is 0 Å². The van der Waals surface area contributed by atoms with E-state index in [4.69, 9.17) is 19.7 Å². The van der Waals surface area contributed by atoms with E-state index in [-0.39, 0.29) is 74.6 Å². The zero-order valence-corrected chi connectivity index (χ0v) is 28.7. The molecule has 3 rings (SSSR count). The first-order valence-corrected chi connectivity index (χ1v) is 15.4. The van der Waals surface area contributed by atoms with Crippen molar-refractivity contribution in [3.05, 3.63) is 98.6 Å². The number of halogens is 4. The van der Waals surface area contributed by atoms with Crippen molar-refractivity contribution < 1.29 is 48.4 Å². The molecule has 1 amide bonds. The largest absolute Gasteiger partial charge is 0.478 e. The molecule has 0 unspecified atom stereocenters. The van der Waals surface area contributed by atoms with Crippen LogP contribution in [0.3, 0.4) is 0 Å². The van der Waals surface area contributed by atoms with Gasteiger partial charge in [0.25, 0.3) is 5.91 Å². The minimum atomic E-state index is -1.40. The van der Waals surface area contributed by atoms with E-state index in [2.05, 4.69) is 79.1 Å². The number of carboxylic acid groups (broad SMARTS) is 2. The number of carboxylic acids is 2. The van der Waals surface area contributed by atoms with Crippen LogP contribution in [0.1, 0.15) is 51.8 Å². The molecule has 0 aromatic heterocycles. The smallest absolute Gasteiger partial charge is 0.343 e. The number of nitrogens with zero attached hydrogens (tertiary/aromatic N) is 3. The topological polar surface area (TPSA) is 214 Å². The van der Waals surface area contributed by atoms with Gasteiger partial charge in [-0.05, 0) is 79.9 Å². The maximum absolute atomic E-state index is 13.3. The molecule has 0 bridgehead atoms. The van der Waals surface area contributed by atoms with Crippen LogP contribution in [-0.4, -0.2) is 66.3 Å². The lowest BCUT2D eigenvalue weighted by atomic mass is 10.0. The number of azide groups is 1. The van der Waals surface area contributed by atoms with Crippen molar-refractivity contribution in [3.63, 3.8) is 0 Å². The van der Waals surface area contributed by atoms with Gasteiger partial charge in [-0.1, -0.05) is 37.0 Å². The van der Waals surface area contributed by atoms with E-state index in [1.54, 1.807) is 0 Å². The van der Waals surface area contributed by atoms with Gasteiger partial charge in [0.15, 0.2) is 11.5 Å². The molecule has 0 saturated carbocycles. The first kappa shape index (κ1) is 35.7. The number of aromatic carboxylic acids is 2. The first-order valence-electron chi connectivity index (χ1n) is 12.2. The third-order valence-electron chi connectivity index (χ3n) is 5.46. The van der Waals surface area contributed by atoms with Crippen LogP contribution in [0.15, 0.2) is 65.5 Å². The lowest BCUT2D eigenvalue weighted by Gasteiger charge is -2.14. The maximum Gasteiger partial charge on any atom is 0.343 e. The number of amides is 1. The molecule has 0 fully saturated rings. The van der Waals surface area contributed by atoms with Crippen LogP contribution >= 0.6 is 63.7 Å². The fraction of sp³-hybridized carbons (Fsp3) is 0.148. The minimum absolute atomic E-state index is 0.00514. The molecule has 0 aliphatic rings. The van der Waals surface area contributed by atoms with Crippen LogP contribution in [0.2, 0.25) is 0 Å². The van der Waals surface area contributed by atoms with Gasteiger partial charge in [0.1, 0.15) is 11.1 Å². The molecule has 45 heavy (non-hydrogen) atoms. The number of carbonyl (C=O) groups excluding carboxylic acids is 3. The molecule has 0 saturated heterocycles. The maximum atomic E-state index is 13.3. The summed E-state index contributed by atoms with van der Waals surface area (Å²) in [6.45, 7) is 0.265. The highest BCUT2D eigenvalue weighted by Crippen LogP contribution is 2.35. The molecule has 0 heterocycles. The van der Waals surface area contributed by atoms with Crippen molar-refractivity contribution in [1.29, 1.82) is 0 Å². The normalized spacial score (nSPS) is 10.4. The molecule has 3 aromatic carbocycles. The molecule has 0 aliphatic heterocycles. The summed E-state index contributed by atoms with van der Waals surface area (Å²) in [6.07, 6.45) is 0. The molecule has 234 valence electrons. The molecule has 0 radical (unpaired) electrons. The Hall–Kier alpha value is -3.80. The fourth-order valence-corrected chi connectivity index (χ4v) is 6.15. The van der Waals surface area contributed by atoms with Gasteiger partial charge in [-0.2, -0.15) is 0 Å². The van der Waals surface area contributed by atoms with E-state index in [1.807, 2.05) is 0 Å². The molecule has 3 N–H and O–H groups in total. The Balaban J connectivity index is 1.98. The van der Waals surface area contributed by atoms with E-state index in [1.165, 1.54) is 24.3 Å². The minimum Gasteiger partial charge on any atom is -0.478 e. The standard InChI is InChI=1S/C27H18Br4N4O10/c28-15-8-17(24(37)38)21(19(30)10-15)44-26(41)13-5-12(23(36)33-1-3-43-4-2-34-35-32)6-14(7-13)27(42)45-22-18(25(39)40)9-16(29)11-20(22)31/h5-11H,1-4H2,(H,33,36)(H,37,38)(H,39,40). The average Bonchev–Trinajstić information content (AvgIpc) is 2.98. The molecular weight excluding hydrogens is 860 g/mol. The molecular formula is C27H18Br4N4O10. The van der Waals surface area contributed by atoms with Gasteiger partial charge in [0.05, 0.1) is 33.3 Å². The third kappa shape index (κ3) is 9.84. The highest BCUT2D eigenvalue weighted by molar-refractivity contribution is 9.11. The lowest BCUT2D eigenvalue weighted by molar-refractivity contribution is 0.0663. The molecule has 18 heteroatoms. The van der Waals surface area contributed by atoms with Crippen molar-refractivity contribution in [2.45, 2.75) is 0 Å². The monoisotopic (exact) mass is 874 g/mol. The van der Waals surface area contributed by atoms with Crippen molar-refractivity contribution in [2.75, 3.05) is 26.3 Å². The van der Waals surface area contributed by atoms with E-state index in [9.17, 15) is 34.2 Å². The average molecular weight is 878 g/mol. The van der Waals surface area contributed by atoms with E-state index >= 15 is 0 Å². The van der Waals surface area contributed by atoms with Crippen LogP contribution in [-0.2, 0) is 4.74 Å². The predicted molar refractivity (Wildman–Crippen MR) is 171 cm³/mol. The summed E-state index contributed by atoms with van der Waals surface area (Å²) in [5.74, 6) is -6.44. The lowest BCUT2D eigenvalue weighted by Crippen LogP contribution is -2.28. The second-order valence-electron chi connectivity index (χ2n) is 8.54. The third-order valence-corrected chi connectivity index (χ3v) is 7.56. The molecule has 14 nitrogen and oxygen atoms in total. The first-order chi connectivity index (χ1) is 21.3. The molecule has 3 aromatic rings. The second-order valence-corrected chi connectivity index (χ2v) is 12.1. The van der Waals surface area contributed by atoms with E-state index in [0.717, 1.165) is 18.2 Å². The van der Waals surface area contributed by atoms with Gasteiger partial charge < -0.3 is 29.7 Å². The summed E-state index contributed by atoms with van der Waals surface area (Å²) in [6, 6.07) is 8.60. The summed E-state index contributed by atoms with van der Waals surface area (Å²) >= 11 is 12.7. The summed E-state index contributed by atoms with van der Waals surface area (Å²) in [4.78, 5) is 65.8. The summed E-state index contributed by atoms with van der Waals surface area (Å²) in [5, 5.41) is 25.1. The van der Waals surface area contributed by atoms with Crippen molar-refractivity contribution in [3.8, 4) is 11.5 Å². The number of ether oxygens (including phenoxy) is 3. The van der Waals surface area contributed by atoms with Gasteiger partial charge in [0.2, 0.25) is 0 Å². The molecule has 0 aliphatic carbocycles. The van der Waals surface area contributed by atoms with Crippen molar-refractivity contribution in [2.24, 2.45) is 5.11 Å². The molecule has 0 atom stereocenters. The number of carbonyl (C=O) groups is 5. The van der Waals surface area contributed by atoms with Crippen LogP contribution < -0.4 is 14.8 Å². The number of hydrogen-bond donors (Lipinski definition) is 3. The Kier molecular flexibility index (Phi) is 13.1. The highest BCUT2D eigenvalue weighted by Gasteiger charge is 2.25. The predicted octanol–water partition coefficient (Wildman–Crippen LogP) is 6.63. The van der Waals surface area contributed by atoms with Gasteiger partial charge in [0, 0.05) is 32.5 Å². The second kappa shape index (κ2) is 16.5. The quantitative estimate of drug-likeness (QED) is 0.0416. The number of benzene rings is 3. The Morgan fingerprint density at radius 2 is 1.20 bits per heavy atom. The Morgan fingerprint density at radius 1 is 0.733 bits per heavy atom.